The molecule has 6 heteroatoms. The third-order valence-corrected chi connectivity index (χ3v) is 2.61. The molecular weight excluding hydrogens is 268 g/mol. The zero-order valence-corrected chi connectivity index (χ0v) is 10.5. The van der Waals surface area contributed by atoms with Gasteiger partial charge in [-0.25, -0.2) is 8.78 Å². The van der Waals surface area contributed by atoms with E-state index in [0.717, 1.165) is 24.3 Å². The summed E-state index contributed by atoms with van der Waals surface area (Å²) in [5, 5.41) is 11.9. The lowest BCUT2D eigenvalue weighted by Gasteiger charge is -2.09. The highest BCUT2D eigenvalue weighted by Crippen LogP contribution is 2.23. The minimum Gasteiger partial charge on any atom is -0.507 e. The van der Waals surface area contributed by atoms with Crippen LogP contribution in [0.3, 0.4) is 0 Å². The molecule has 20 heavy (non-hydrogen) atoms. The summed E-state index contributed by atoms with van der Waals surface area (Å²) in [5.74, 6) is -2.32. The quantitative estimate of drug-likeness (QED) is 0.908. The van der Waals surface area contributed by atoms with Crippen molar-refractivity contribution in [2.75, 3.05) is 12.4 Å². The number of methoxy groups -OCH3 is 1. The molecule has 0 bridgehead atoms. The van der Waals surface area contributed by atoms with Crippen LogP contribution >= 0.6 is 0 Å². The van der Waals surface area contributed by atoms with Crippen LogP contribution in [0.1, 0.15) is 10.4 Å². The van der Waals surface area contributed by atoms with Gasteiger partial charge in [0.1, 0.15) is 11.6 Å². The molecule has 0 spiro atoms. The van der Waals surface area contributed by atoms with E-state index in [2.05, 4.69) is 5.32 Å². The van der Waals surface area contributed by atoms with Crippen LogP contribution in [0.25, 0.3) is 0 Å². The fourth-order valence-electron chi connectivity index (χ4n) is 1.63. The highest BCUT2D eigenvalue weighted by molar-refractivity contribution is 6.06. The van der Waals surface area contributed by atoms with E-state index in [9.17, 15) is 18.7 Å². The lowest BCUT2D eigenvalue weighted by Crippen LogP contribution is -2.12. The number of hydrogen-bond acceptors (Lipinski definition) is 3. The van der Waals surface area contributed by atoms with Gasteiger partial charge in [-0.1, -0.05) is 0 Å². The van der Waals surface area contributed by atoms with Crippen LogP contribution in [0, 0.1) is 11.6 Å². The van der Waals surface area contributed by atoms with Gasteiger partial charge >= 0.3 is 0 Å². The highest BCUT2D eigenvalue weighted by Gasteiger charge is 2.13. The van der Waals surface area contributed by atoms with Crippen molar-refractivity contribution in [1.82, 2.24) is 0 Å². The van der Waals surface area contributed by atoms with Crippen molar-refractivity contribution in [2.24, 2.45) is 0 Å². The molecule has 0 fully saturated rings. The predicted molar refractivity (Wildman–Crippen MR) is 69.0 cm³/mol. The third-order valence-electron chi connectivity index (χ3n) is 2.61. The first-order chi connectivity index (χ1) is 9.51. The topological polar surface area (TPSA) is 58.6 Å². The van der Waals surface area contributed by atoms with Crippen molar-refractivity contribution >= 4 is 11.6 Å². The van der Waals surface area contributed by atoms with E-state index >= 15 is 0 Å². The molecule has 2 aromatic carbocycles. The van der Waals surface area contributed by atoms with Gasteiger partial charge < -0.3 is 15.2 Å². The van der Waals surface area contributed by atoms with E-state index in [1.807, 2.05) is 0 Å². The van der Waals surface area contributed by atoms with Crippen molar-refractivity contribution in [3.63, 3.8) is 0 Å². The van der Waals surface area contributed by atoms with Gasteiger partial charge in [0.15, 0.2) is 11.6 Å². The first-order valence-electron chi connectivity index (χ1n) is 5.64. The molecule has 0 heterocycles. The number of benzene rings is 2. The summed E-state index contributed by atoms with van der Waals surface area (Å²) in [4.78, 5) is 11.9. The zero-order chi connectivity index (χ0) is 14.7. The Labute approximate surface area is 113 Å². The summed E-state index contributed by atoms with van der Waals surface area (Å²) in [5.41, 5.74) is 0.0465. The smallest absolute Gasteiger partial charge is 0.259 e. The van der Waals surface area contributed by atoms with Crippen LogP contribution < -0.4 is 10.1 Å². The fraction of sp³-hybridized carbons (Fsp3) is 0.0714. The summed E-state index contributed by atoms with van der Waals surface area (Å²) in [7, 11) is 1.29. The molecular formula is C14H11F2NO3. The monoisotopic (exact) mass is 279 g/mol. The Morgan fingerprint density at radius 1 is 1.20 bits per heavy atom. The number of carbonyl (C=O) groups is 1. The van der Waals surface area contributed by atoms with E-state index in [4.69, 9.17) is 4.74 Å². The Morgan fingerprint density at radius 2 is 1.95 bits per heavy atom. The normalized spacial score (nSPS) is 10.2. The standard InChI is InChI=1S/C14H11F2NO3/c1-20-13-7-9(3-4-11(13)16)17-14(19)10-6-8(15)2-5-12(10)18/h2-7,18H,1H3,(H,17,19). The Kier molecular flexibility index (Phi) is 3.84. The molecule has 0 aliphatic carbocycles. The van der Waals surface area contributed by atoms with Gasteiger partial charge in [-0.3, -0.25) is 4.79 Å². The number of ether oxygens (including phenoxy) is 1. The third kappa shape index (κ3) is 2.85. The highest BCUT2D eigenvalue weighted by atomic mass is 19.1. The van der Waals surface area contributed by atoms with Crippen LogP contribution in [-0.2, 0) is 0 Å². The Morgan fingerprint density at radius 3 is 2.65 bits per heavy atom. The molecule has 4 nitrogen and oxygen atoms in total. The summed E-state index contributed by atoms with van der Waals surface area (Å²) < 4.78 is 31.1. The van der Waals surface area contributed by atoms with Crippen molar-refractivity contribution in [3.8, 4) is 11.5 Å². The number of hydrogen-bond donors (Lipinski definition) is 2. The number of amides is 1. The fourth-order valence-corrected chi connectivity index (χ4v) is 1.63. The lowest BCUT2D eigenvalue weighted by molar-refractivity contribution is 0.102. The van der Waals surface area contributed by atoms with Gasteiger partial charge in [-0.05, 0) is 30.3 Å². The molecule has 0 aliphatic rings. The van der Waals surface area contributed by atoms with Crippen LogP contribution in [0.2, 0.25) is 0 Å². The molecule has 2 N–H and O–H groups in total. The molecule has 2 aromatic rings. The maximum atomic E-state index is 13.2. The second-order valence-corrected chi connectivity index (χ2v) is 3.96. The predicted octanol–water partition coefficient (Wildman–Crippen LogP) is 2.93. The zero-order valence-electron chi connectivity index (χ0n) is 10.5. The number of carbonyl (C=O) groups excluding carboxylic acids is 1. The lowest BCUT2D eigenvalue weighted by atomic mass is 10.1. The molecule has 0 saturated carbocycles. The summed E-state index contributed by atoms with van der Waals surface area (Å²) in [6.45, 7) is 0. The Balaban J connectivity index is 2.25. The number of phenolic OH excluding ortho intramolecular Hbond substituents is 1. The van der Waals surface area contributed by atoms with E-state index in [1.165, 1.54) is 19.2 Å². The Bertz CT molecular complexity index is 659. The van der Waals surface area contributed by atoms with Gasteiger partial charge in [-0.15, -0.1) is 0 Å². The maximum absolute atomic E-state index is 13.2. The molecule has 0 radical (unpaired) electrons. The van der Waals surface area contributed by atoms with Crippen LogP contribution in [0.5, 0.6) is 11.5 Å². The largest absolute Gasteiger partial charge is 0.507 e. The summed E-state index contributed by atoms with van der Waals surface area (Å²) in [6, 6.07) is 6.75. The van der Waals surface area contributed by atoms with E-state index in [0.29, 0.717) is 0 Å². The van der Waals surface area contributed by atoms with Crippen LogP contribution in [0.15, 0.2) is 36.4 Å². The molecule has 0 unspecified atom stereocenters. The number of phenols is 1. The summed E-state index contributed by atoms with van der Waals surface area (Å²) >= 11 is 0. The van der Waals surface area contributed by atoms with Gasteiger partial charge in [0.05, 0.1) is 12.7 Å². The second kappa shape index (κ2) is 5.56. The summed E-state index contributed by atoms with van der Waals surface area (Å²) in [6.07, 6.45) is 0. The van der Waals surface area contributed by atoms with Gasteiger partial charge in [0.2, 0.25) is 0 Å². The van der Waals surface area contributed by atoms with E-state index < -0.39 is 17.5 Å². The average Bonchev–Trinajstić information content (AvgIpc) is 2.43. The SMILES string of the molecule is COc1cc(NC(=O)c2cc(F)ccc2O)ccc1F. The maximum Gasteiger partial charge on any atom is 0.259 e. The first kappa shape index (κ1) is 13.8. The number of aromatic hydroxyl groups is 1. The Hall–Kier alpha value is -2.63. The molecule has 0 aromatic heterocycles. The number of nitrogens with one attached hydrogen (secondary N) is 1. The molecule has 0 saturated heterocycles. The van der Waals surface area contributed by atoms with Gasteiger partial charge in [-0.2, -0.15) is 0 Å². The molecule has 1 amide bonds. The van der Waals surface area contributed by atoms with Crippen LogP contribution in [-0.4, -0.2) is 18.1 Å². The molecule has 104 valence electrons. The van der Waals surface area contributed by atoms with Crippen LogP contribution in [0.4, 0.5) is 14.5 Å². The van der Waals surface area contributed by atoms with Crippen molar-refractivity contribution in [2.45, 2.75) is 0 Å². The van der Waals surface area contributed by atoms with E-state index in [1.54, 1.807) is 0 Å². The molecule has 0 aliphatic heterocycles. The van der Waals surface area contributed by atoms with Gasteiger partial charge in [0, 0.05) is 11.8 Å². The van der Waals surface area contributed by atoms with Gasteiger partial charge in [0.25, 0.3) is 5.91 Å². The number of anilines is 1. The van der Waals surface area contributed by atoms with Crippen molar-refractivity contribution in [3.05, 3.63) is 53.6 Å². The minimum atomic E-state index is -0.712. The second-order valence-electron chi connectivity index (χ2n) is 3.96. The van der Waals surface area contributed by atoms with Crippen molar-refractivity contribution < 1.29 is 23.4 Å². The van der Waals surface area contributed by atoms with E-state index in [-0.39, 0.29) is 22.7 Å². The first-order valence-corrected chi connectivity index (χ1v) is 5.64. The molecule has 2 rings (SSSR count). The number of rotatable bonds is 3. The average molecular weight is 279 g/mol. The minimum absolute atomic E-state index is 0.0359. The number of halogens is 2. The molecule has 0 atom stereocenters. The van der Waals surface area contributed by atoms with Crippen molar-refractivity contribution in [1.29, 1.82) is 0 Å².